The molecule has 0 atom stereocenters. The molecule has 0 bridgehead atoms. The molecule has 7 heteroatoms. The molecule has 1 aromatic carbocycles. The number of benzene rings is 1. The molecule has 102 valence electrons. The maximum absolute atomic E-state index is 11.8. The highest BCUT2D eigenvalue weighted by molar-refractivity contribution is 5.86. The van der Waals surface area contributed by atoms with Crippen LogP contribution in [0.4, 0.5) is 5.69 Å². The van der Waals surface area contributed by atoms with Gasteiger partial charge in [0.25, 0.3) is 0 Å². The number of aromatic carboxylic acids is 1. The highest BCUT2D eigenvalue weighted by atomic mass is 16.4. The number of oxazole rings is 1. The van der Waals surface area contributed by atoms with E-state index in [-0.39, 0.29) is 12.3 Å². The van der Waals surface area contributed by atoms with E-state index in [1.807, 2.05) is 0 Å². The number of hydrogen-bond donors (Lipinski definition) is 2. The summed E-state index contributed by atoms with van der Waals surface area (Å²) in [4.78, 5) is 22.6. The second-order valence-corrected chi connectivity index (χ2v) is 4.22. The zero-order chi connectivity index (χ0) is 14.3. The molecule has 3 rings (SSSR count). The number of carboxylic acid groups (broad SMARTS) is 1. The van der Waals surface area contributed by atoms with Crippen LogP contribution in [-0.4, -0.2) is 15.6 Å². The van der Waals surface area contributed by atoms with Crippen LogP contribution in [-0.2, 0) is 6.54 Å². The number of carbonyl (C=O) groups is 1. The number of furan rings is 1. The van der Waals surface area contributed by atoms with E-state index in [1.54, 1.807) is 18.2 Å². The molecule has 0 unspecified atom stereocenters. The van der Waals surface area contributed by atoms with Crippen LogP contribution in [0.2, 0.25) is 0 Å². The summed E-state index contributed by atoms with van der Waals surface area (Å²) in [6.07, 6.45) is 0. The number of fused-ring (bicyclic) bond motifs is 1. The van der Waals surface area contributed by atoms with Crippen molar-refractivity contribution in [1.82, 2.24) is 4.57 Å². The van der Waals surface area contributed by atoms with Gasteiger partial charge in [-0.25, -0.2) is 9.59 Å². The average molecular weight is 274 g/mol. The first kappa shape index (κ1) is 12.1. The van der Waals surface area contributed by atoms with E-state index >= 15 is 0 Å². The van der Waals surface area contributed by atoms with Crippen molar-refractivity contribution in [2.24, 2.45) is 0 Å². The first-order valence-corrected chi connectivity index (χ1v) is 5.76. The highest BCUT2D eigenvalue weighted by Crippen LogP contribution is 2.21. The maximum Gasteiger partial charge on any atom is 0.420 e. The van der Waals surface area contributed by atoms with E-state index in [0.717, 1.165) is 0 Å². The Hall–Kier alpha value is -2.96. The summed E-state index contributed by atoms with van der Waals surface area (Å²) in [7, 11) is 0. The van der Waals surface area contributed by atoms with E-state index in [4.69, 9.17) is 19.7 Å². The molecule has 0 aliphatic rings. The monoisotopic (exact) mass is 274 g/mol. The Bertz CT molecular complexity index is 855. The van der Waals surface area contributed by atoms with Crippen molar-refractivity contribution in [3.63, 3.8) is 0 Å². The van der Waals surface area contributed by atoms with E-state index in [1.165, 1.54) is 16.7 Å². The molecule has 0 aliphatic heterocycles. The van der Waals surface area contributed by atoms with Crippen LogP contribution in [0.15, 0.2) is 44.0 Å². The largest absolute Gasteiger partial charge is 0.475 e. The van der Waals surface area contributed by atoms with Gasteiger partial charge in [0.1, 0.15) is 11.3 Å². The fourth-order valence-corrected chi connectivity index (χ4v) is 2.03. The molecule has 0 fully saturated rings. The molecule has 20 heavy (non-hydrogen) atoms. The SMILES string of the molecule is Nc1cccc2oc(=O)n(Cc3ccc(C(=O)O)o3)c12. The Morgan fingerprint density at radius 1 is 1.25 bits per heavy atom. The zero-order valence-corrected chi connectivity index (χ0v) is 10.2. The number of hydrogen-bond acceptors (Lipinski definition) is 5. The van der Waals surface area contributed by atoms with Gasteiger partial charge in [-0.3, -0.25) is 4.57 Å². The zero-order valence-electron chi connectivity index (χ0n) is 10.2. The van der Waals surface area contributed by atoms with Gasteiger partial charge in [-0.2, -0.15) is 0 Å². The quantitative estimate of drug-likeness (QED) is 0.700. The van der Waals surface area contributed by atoms with E-state index in [9.17, 15) is 9.59 Å². The number of anilines is 1. The van der Waals surface area contributed by atoms with Gasteiger partial charge in [-0.05, 0) is 24.3 Å². The summed E-state index contributed by atoms with van der Waals surface area (Å²) < 4.78 is 11.5. The third-order valence-corrected chi connectivity index (χ3v) is 2.90. The molecule has 3 aromatic rings. The molecule has 2 aromatic heterocycles. The van der Waals surface area contributed by atoms with Crippen molar-refractivity contribution in [3.8, 4) is 0 Å². The van der Waals surface area contributed by atoms with Gasteiger partial charge >= 0.3 is 11.7 Å². The smallest absolute Gasteiger partial charge is 0.420 e. The number of aromatic nitrogens is 1. The van der Waals surface area contributed by atoms with Crippen LogP contribution in [0, 0.1) is 0 Å². The molecular weight excluding hydrogens is 264 g/mol. The number of nitrogens with zero attached hydrogens (tertiary/aromatic N) is 1. The molecule has 0 spiro atoms. The molecular formula is C13H10N2O5. The van der Waals surface area contributed by atoms with Crippen LogP contribution in [0.5, 0.6) is 0 Å². The second-order valence-electron chi connectivity index (χ2n) is 4.22. The van der Waals surface area contributed by atoms with Crippen LogP contribution in [0.25, 0.3) is 11.1 Å². The summed E-state index contributed by atoms with van der Waals surface area (Å²) in [5.74, 6) is -1.60. The molecule has 3 N–H and O–H groups in total. The van der Waals surface area contributed by atoms with E-state index in [0.29, 0.717) is 22.5 Å². The summed E-state index contributed by atoms with van der Waals surface area (Å²) >= 11 is 0. The summed E-state index contributed by atoms with van der Waals surface area (Å²) in [5, 5.41) is 8.79. The third-order valence-electron chi connectivity index (χ3n) is 2.90. The molecule has 0 amide bonds. The van der Waals surface area contributed by atoms with Crippen molar-refractivity contribution in [3.05, 3.63) is 52.4 Å². The number of para-hydroxylation sites is 1. The normalized spacial score (nSPS) is 11.0. The van der Waals surface area contributed by atoms with Crippen LogP contribution in [0.1, 0.15) is 16.3 Å². The number of nitrogens with two attached hydrogens (primary N) is 1. The topological polar surface area (TPSA) is 112 Å². The van der Waals surface area contributed by atoms with E-state index in [2.05, 4.69) is 0 Å². The third kappa shape index (κ3) is 1.85. The first-order valence-electron chi connectivity index (χ1n) is 5.76. The predicted molar refractivity (Wildman–Crippen MR) is 69.7 cm³/mol. The summed E-state index contributed by atoms with van der Waals surface area (Å²) in [5.41, 5.74) is 7.07. The van der Waals surface area contributed by atoms with Crippen molar-refractivity contribution in [1.29, 1.82) is 0 Å². The van der Waals surface area contributed by atoms with Crippen LogP contribution in [0.3, 0.4) is 0 Å². The Morgan fingerprint density at radius 3 is 2.75 bits per heavy atom. The Kier molecular flexibility index (Phi) is 2.60. The van der Waals surface area contributed by atoms with Gasteiger partial charge in [0.2, 0.25) is 5.76 Å². The highest BCUT2D eigenvalue weighted by Gasteiger charge is 2.15. The van der Waals surface area contributed by atoms with Gasteiger partial charge < -0.3 is 19.7 Å². The predicted octanol–water partition coefficient (Wildman–Crippen LogP) is 1.52. The minimum Gasteiger partial charge on any atom is -0.475 e. The fourth-order valence-electron chi connectivity index (χ4n) is 2.03. The van der Waals surface area contributed by atoms with Crippen molar-refractivity contribution in [2.45, 2.75) is 6.54 Å². The molecule has 7 nitrogen and oxygen atoms in total. The summed E-state index contributed by atoms with van der Waals surface area (Å²) in [6, 6.07) is 7.79. The fraction of sp³-hybridized carbons (Fsp3) is 0.0769. The lowest BCUT2D eigenvalue weighted by Gasteiger charge is -2.01. The minimum absolute atomic E-state index is 0.0489. The number of nitrogen functional groups attached to an aromatic ring is 1. The lowest BCUT2D eigenvalue weighted by atomic mass is 10.3. The van der Waals surface area contributed by atoms with Crippen molar-refractivity contribution < 1.29 is 18.7 Å². The standard InChI is InChI=1S/C13H10N2O5/c14-8-2-1-3-9-11(8)15(13(18)20-9)6-7-4-5-10(19-7)12(16)17/h1-5H,6,14H2,(H,16,17). The van der Waals surface area contributed by atoms with Gasteiger partial charge in [-0.15, -0.1) is 0 Å². The average Bonchev–Trinajstić information content (AvgIpc) is 2.97. The molecule has 2 heterocycles. The molecule has 0 aliphatic carbocycles. The molecule has 0 radical (unpaired) electrons. The van der Waals surface area contributed by atoms with Crippen LogP contribution >= 0.6 is 0 Å². The molecule has 0 saturated heterocycles. The van der Waals surface area contributed by atoms with Gasteiger partial charge in [-0.1, -0.05) is 6.07 Å². The van der Waals surface area contributed by atoms with Gasteiger partial charge in [0.05, 0.1) is 12.2 Å². The first-order chi connectivity index (χ1) is 9.56. The Labute approximate surface area is 111 Å². The van der Waals surface area contributed by atoms with E-state index < -0.39 is 11.7 Å². The molecule has 0 saturated carbocycles. The lowest BCUT2D eigenvalue weighted by Crippen LogP contribution is -2.15. The van der Waals surface area contributed by atoms with Crippen molar-refractivity contribution in [2.75, 3.05) is 5.73 Å². The Balaban J connectivity index is 2.08. The van der Waals surface area contributed by atoms with Gasteiger partial charge in [0, 0.05) is 0 Å². The lowest BCUT2D eigenvalue weighted by molar-refractivity contribution is 0.0660. The minimum atomic E-state index is -1.17. The van der Waals surface area contributed by atoms with Crippen LogP contribution < -0.4 is 11.5 Å². The maximum atomic E-state index is 11.8. The van der Waals surface area contributed by atoms with Crippen molar-refractivity contribution >= 4 is 22.8 Å². The number of rotatable bonds is 3. The second kappa shape index (κ2) is 4.30. The number of carboxylic acids is 1. The Morgan fingerprint density at radius 2 is 2.05 bits per heavy atom. The summed E-state index contributed by atoms with van der Waals surface area (Å²) in [6.45, 7) is 0.0489. The van der Waals surface area contributed by atoms with Gasteiger partial charge in [0.15, 0.2) is 5.58 Å².